The molecule has 1 saturated carbocycles. The third kappa shape index (κ3) is 6.09. The molecule has 7 nitrogen and oxygen atoms in total. The van der Waals surface area contributed by atoms with E-state index in [0.29, 0.717) is 23.4 Å². The van der Waals surface area contributed by atoms with Gasteiger partial charge in [0.1, 0.15) is 18.2 Å². The highest BCUT2D eigenvalue weighted by Gasteiger charge is 2.25. The van der Waals surface area contributed by atoms with E-state index in [1.165, 1.54) is 29.5 Å². The lowest BCUT2D eigenvalue weighted by molar-refractivity contribution is -0.121. The van der Waals surface area contributed by atoms with E-state index in [0.717, 1.165) is 18.0 Å². The van der Waals surface area contributed by atoms with Crippen LogP contribution >= 0.6 is 11.8 Å². The van der Waals surface area contributed by atoms with Crippen molar-refractivity contribution in [2.45, 2.75) is 45.4 Å². The van der Waals surface area contributed by atoms with Crippen LogP contribution < -0.4 is 10.6 Å². The van der Waals surface area contributed by atoms with Crippen molar-refractivity contribution in [1.82, 2.24) is 24.8 Å². The van der Waals surface area contributed by atoms with Crippen molar-refractivity contribution < 1.29 is 4.79 Å². The fraction of sp³-hybridized carbons (Fsp3) is 0.417. The molecule has 0 saturated heterocycles. The Balaban J connectivity index is 1.45. The molecule has 1 atom stereocenters. The van der Waals surface area contributed by atoms with Gasteiger partial charge in [0.05, 0.1) is 0 Å². The number of amides is 1. The number of hydrogen-bond acceptors (Lipinski definition) is 6. The zero-order valence-corrected chi connectivity index (χ0v) is 19.7. The minimum atomic E-state index is -0.379. The molecule has 1 fully saturated rings. The molecule has 0 aliphatic heterocycles. The molecule has 2 heterocycles. The monoisotopic (exact) mass is 450 g/mol. The van der Waals surface area contributed by atoms with Gasteiger partial charge < -0.3 is 10.6 Å². The lowest BCUT2D eigenvalue weighted by Gasteiger charge is -2.19. The molecule has 1 unspecified atom stereocenters. The Hall–Kier alpha value is -2.87. The van der Waals surface area contributed by atoms with Crippen LogP contribution in [0.1, 0.15) is 35.2 Å². The molecule has 1 aromatic carbocycles. The standard InChI is InChI=1S/C24H30N6OS/c1-16-4-5-20(10-17(16)2)13-32-14-21(23(31)26-12-19-6-7-19)28-22-11-18(3)27-24(29-22)30-9-8-25-15-30/h4-5,8-11,15,19,21H,6-7,12-14H2,1-3H3,(H,26,31)(H,27,28,29). The zero-order chi connectivity index (χ0) is 22.5. The number of benzene rings is 1. The highest BCUT2D eigenvalue weighted by atomic mass is 32.2. The van der Waals surface area contributed by atoms with Gasteiger partial charge in [-0.3, -0.25) is 9.36 Å². The fourth-order valence-electron chi connectivity index (χ4n) is 3.36. The number of aryl methyl sites for hydroxylation is 3. The number of nitrogens with zero attached hydrogens (tertiary/aromatic N) is 4. The Labute approximate surface area is 193 Å². The minimum absolute atomic E-state index is 0.0185. The van der Waals surface area contributed by atoms with Crippen LogP contribution in [0, 0.1) is 26.7 Å². The first-order valence-electron chi connectivity index (χ1n) is 11.0. The summed E-state index contributed by atoms with van der Waals surface area (Å²) < 4.78 is 1.76. The average Bonchev–Trinajstić information content (AvgIpc) is 3.43. The second-order valence-corrected chi connectivity index (χ2v) is 9.51. The summed E-state index contributed by atoms with van der Waals surface area (Å²) >= 11 is 1.75. The van der Waals surface area contributed by atoms with Crippen LogP contribution in [0.25, 0.3) is 5.95 Å². The maximum absolute atomic E-state index is 13.0. The summed E-state index contributed by atoms with van der Waals surface area (Å²) in [5, 5.41) is 6.47. The Morgan fingerprint density at radius 1 is 1.19 bits per heavy atom. The fourth-order valence-corrected chi connectivity index (χ4v) is 4.36. The van der Waals surface area contributed by atoms with Crippen LogP contribution in [-0.4, -0.2) is 43.8 Å². The number of carbonyl (C=O) groups is 1. The summed E-state index contributed by atoms with van der Waals surface area (Å²) in [5.41, 5.74) is 4.69. The zero-order valence-electron chi connectivity index (χ0n) is 18.8. The van der Waals surface area contributed by atoms with Crippen LogP contribution in [0.2, 0.25) is 0 Å². The Morgan fingerprint density at radius 2 is 2.03 bits per heavy atom. The van der Waals surface area contributed by atoms with E-state index < -0.39 is 0 Å². The van der Waals surface area contributed by atoms with E-state index in [-0.39, 0.29) is 11.9 Å². The SMILES string of the molecule is Cc1cc(NC(CSCc2ccc(C)c(C)c2)C(=O)NCC2CC2)nc(-n2ccnc2)n1. The molecule has 168 valence electrons. The molecule has 32 heavy (non-hydrogen) atoms. The van der Waals surface area contributed by atoms with Gasteiger partial charge in [-0.05, 0) is 56.2 Å². The van der Waals surface area contributed by atoms with Gasteiger partial charge in [0.25, 0.3) is 0 Å². The van der Waals surface area contributed by atoms with E-state index in [1.807, 2.05) is 13.0 Å². The summed E-state index contributed by atoms with van der Waals surface area (Å²) in [6.07, 6.45) is 7.57. The lowest BCUT2D eigenvalue weighted by Crippen LogP contribution is -2.42. The van der Waals surface area contributed by atoms with Crippen LogP contribution in [0.15, 0.2) is 43.0 Å². The summed E-state index contributed by atoms with van der Waals surface area (Å²) in [6, 6.07) is 8.04. The molecule has 0 bridgehead atoms. The summed E-state index contributed by atoms with van der Waals surface area (Å²) in [4.78, 5) is 26.1. The van der Waals surface area contributed by atoms with Crippen molar-refractivity contribution in [3.05, 3.63) is 65.4 Å². The first kappa shape index (κ1) is 22.3. The normalized spacial score (nSPS) is 14.2. The predicted octanol–water partition coefficient (Wildman–Crippen LogP) is 3.83. The van der Waals surface area contributed by atoms with Crippen LogP contribution in [0.3, 0.4) is 0 Å². The van der Waals surface area contributed by atoms with Gasteiger partial charge in [-0.1, -0.05) is 18.2 Å². The van der Waals surface area contributed by atoms with Gasteiger partial charge in [-0.2, -0.15) is 16.7 Å². The number of thioether (sulfide) groups is 1. The Morgan fingerprint density at radius 3 is 2.75 bits per heavy atom. The molecule has 0 spiro atoms. The first-order chi connectivity index (χ1) is 15.5. The number of anilines is 1. The summed E-state index contributed by atoms with van der Waals surface area (Å²) in [6.45, 7) is 6.93. The summed E-state index contributed by atoms with van der Waals surface area (Å²) in [5.74, 6) is 3.33. The molecule has 2 aromatic heterocycles. The average molecular weight is 451 g/mol. The van der Waals surface area contributed by atoms with Crippen molar-refractivity contribution in [1.29, 1.82) is 0 Å². The number of carbonyl (C=O) groups excluding carboxylic acids is 1. The highest BCUT2D eigenvalue weighted by Crippen LogP contribution is 2.27. The maximum Gasteiger partial charge on any atom is 0.243 e. The molecular weight excluding hydrogens is 420 g/mol. The molecular formula is C24H30N6OS. The van der Waals surface area contributed by atoms with E-state index >= 15 is 0 Å². The Bertz CT molecular complexity index is 1060. The maximum atomic E-state index is 13.0. The third-order valence-corrected chi connectivity index (χ3v) is 6.71. The smallest absolute Gasteiger partial charge is 0.243 e. The van der Waals surface area contributed by atoms with Gasteiger partial charge in [0, 0.05) is 42.2 Å². The number of nitrogens with one attached hydrogen (secondary N) is 2. The quantitative estimate of drug-likeness (QED) is 0.488. The van der Waals surface area contributed by atoms with Crippen LogP contribution in [-0.2, 0) is 10.5 Å². The molecule has 4 rings (SSSR count). The van der Waals surface area contributed by atoms with Gasteiger partial charge in [-0.25, -0.2) is 9.97 Å². The molecule has 1 aliphatic rings. The largest absolute Gasteiger partial charge is 0.358 e. The second kappa shape index (κ2) is 10.2. The molecule has 1 amide bonds. The molecule has 1 aliphatic carbocycles. The van der Waals surface area contributed by atoms with Crippen molar-refractivity contribution in [3.8, 4) is 5.95 Å². The summed E-state index contributed by atoms with van der Waals surface area (Å²) in [7, 11) is 0. The number of rotatable bonds is 10. The van der Waals surface area contributed by atoms with Crippen molar-refractivity contribution in [2.75, 3.05) is 17.6 Å². The van der Waals surface area contributed by atoms with Gasteiger partial charge in [0.15, 0.2) is 0 Å². The van der Waals surface area contributed by atoms with Gasteiger partial charge >= 0.3 is 0 Å². The van der Waals surface area contributed by atoms with E-state index in [9.17, 15) is 4.79 Å². The highest BCUT2D eigenvalue weighted by molar-refractivity contribution is 7.98. The number of imidazole rings is 1. The Kier molecular flexibility index (Phi) is 7.09. The van der Waals surface area contributed by atoms with Crippen molar-refractivity contribution in [2.24, 2.45) is 5.92 Å². The molecule has 8 heteroatoms. The number of hydrogen-bond donors (Lipinski definition) is 2. The predicted molar refractivity (Wildman–Crippen MR) is 129 cm³/mol. The lowest BCUT2D eigenvalue weighted by atomic mass is 10.1. The molecule has 2 N–H and O–H groups in total. The van der Waals surface area contributed by atoms with E-state index in [1.54, 1.807) is 35.0 Å². The van der Waals surface area contributed by atoms with Crippen molar-refractivity contribution >= 4 is 23.5 Å². The molecule has 3 aromatic rings. The van der Waals surface area contributed by atoms with Crippen LogP contribution in [0.5, 0.6) is 0 Å². The minimum Gasteiger partial charge on any atom is -0.358 e. The first-order valence-corrected chi connectivity index (χ1v) is 12.2. The van der Waals surface area contributed by atoms with Crippen molar-refractivity contribution in [3.63, 3.8) is 0 Å². The number of aromatic nitrogens is 4. The van der Waals surface area contributed by atoms with E-state index in [2.05, 4.69) is 57.6 Å². The topological polar surface area (TPSA) is 84.7 Å². The second-order valence-electron chi connectivity index (χ2n) is 8.48. The van der Waals surface area contributed by atoms with Gasteiger partial charge in [0.2, 0.25) is 11.9 Å². The van der Waals surface area contributed by atoms with Gasteiger partial charge in [-0.15, -0.1) is 0 Å². The third-order valence-electron chi connectivity index (χ3n) is 5.60. The van der Waals surface area contributed by atoms with E-state index in [4.69, 9.17) is 0 Å². The van der Waals surface area contributed by atoms with Crippen LogP contribution in [0.4, 0.5) is 5.82 Å². The molecule has 0 radical (unpaired) electrons.